The minimum absolute atomic E-state index is 0. The Morgan fingerprint density at radius 3 is 2.12 bits per heavy atom. The van der Waals surface area contributed by atoms with Crippen LogP contribution in [0.5, 0.6) is 0 Å². The van der Waals surface area contributed by atoms with Crippen molar-refractivity contribution in [1.82, 2.24) is 0 Å². The third-order valence-electron chi connectivity index (χ3n) is 0.594. The molecule has 46 valence electrons. The fraction of sp³-hybridized carbons (Fsp3) is 0.800. The van der Waals surface area contributed by atoms with Gasteiger partial charge in [0.1, 0.15) is 0 Å². The number of rotatable bonds is 2. The van der Waals surface area contributed by atoms with Crippen molar-refractivity contribution in [2.75, 3.05) is 6.61 Å². The molecule has 0 aromatic rings. The molecular weight excluding hydrogens is 132 g/mol. The Labute approximate surface area is 79.6 Å². The van der Waals surface area contributed by atoms with Crippen molar-refractivity contribution in [2.24, 2.45) is 0 Å². The second-order valence-electron chi connectivity index (χ2n) is 1.16. The van der Waals surface area contributed by atoms with Crippen molar-refractivity contribution in [3.63, 3.8) is 0 Å². The molecule has 0 saturated carbocycles. The van der Waals surface area contributed by atoms with Crippen LogP contribution in [0.4, 0.5) is 0 Å². The Bertz CT molecular complexity index is 63.4. The number of carbonyl (C=O) groups excluding carboxylic acids is 1. The van der Waals surface area contributed by atoms with Crippen LogP contribution in [0.3, 0.4) is 0 Å². The molecule has 0 rings (SSSR count). The van der Waals surface area contributed by atoms with Crippen LogP contribution in [0.25, 0.3) is 0 Å². The molecule has 0 aromatic carbocycles. The number of esters is 1. The van der Waals surface area contributed by atoms with Gasteiger partial charge in [0.25, 0.3) is 0 Å². The predicted molar refractivity (Wildman–Crippen MR) is 35.5 cm³/mol. The summed E-state index contributed by atoms with van der Waals surface area (Å²) in [7, 11) is 0. The Morgan fingerprint density at radius 1 is 1.50 bits per heavy atom. The monoisotopic (exact) mass is 144 g/mol. The molecule has 0 fully saturated rings. The summed E-state index contributed by atoms with van der Waals surface area (Å²) in [5, 5.41) is 0. The molecule has 8 heavy (non-hydrogen) atoms. The summed E-state index contributed by atoms with van der Waals surface area (Å²) >= 11 is 0. The normalized spacial score (nSPS) is 7.25. The van der Waals surface area contributed by atoms with Crippen molar-refractivity contribution >= 4 is 43.7 Å². The number of ether oxygens (including phenoxy) is 1. The van der Waals surface area contributed by atoms with Gasteiger partial charge in [-0.25, -0.2) is 0 Å². The van der Waals surface area contributed by atoms with E-state index < -0.39 is 0 Å². The predicted octanol–water partition coefficient (Wildman–Crippen LogP) is 0.0433. The number of hydrogen-bond donors (Lipinski definition) is 0. The molecule has 0 amide bonds. The molecule has 3 heteroatoms. The first-order valence-corrected chi connectivity index (χ1v) is 2.46. The van der Waals surface area contributed by atoms with Crippen molar-refractivity contribution in [3.8, 4) is 0 Å². The van der Waals surface area contributed by atoms with E-state index in [1.165, 1.54) is 0 Å². The molecule has 0 spiro atoms. The molecule has 0 bridgehead atoms. The first-order chi connectivity index (χ1) is 3.31. The molecule has 0 aliphatic rings. The van der Waals surface area contributed by atoms with Gasteiger partial charge in [-0.05, 0) is 6.92 Å². The third-order valence-corrected chi connectivity index (χ3v) is 0.594. The van der Waals surface area contributed by atoms with E-state index in [0.717, 1.165) is 0 Å². The van der Waals surface area contributed by atoms with Crippen LogP contribution >= 0.6 is 0 Å². The first kappa shape index (κ1) is 11.5. The van der Waals surface area contributed by atoms with Crippen molar-refractivity contribution in [1.29, 1.82) is 0 Å². The summed E-state index contributed by atoms with van der Waals surface area (Å²) in [5.74, 6) is -0.123. The molecule has 0 N–H and O–H groups in total. The zero-order valence-electron chi connectivity index (χ0n) is 4.73. The van der Waals surface area contributed by atoms with E-state index in [-0.39, 0.29) is 43.7 Å². The minimum atomic E-state index is -0.123. The summed E-state index contributed by atoms with van der Waals surface area (Å²) in [6.07, 6.45) is 0.480. The zero-order chi connectivity index (χ0) is 5.70. The SMILES string of the molecule is CCOC(=O)CC.[CaH2]. The first-order valence-electron chi connectivity index (χ1n) is 2.46. The van der Waals surface area contributed by atoms with Gasteiger partial charge < -0.3 is 4.74 Å². The summed E-state index contributed by atoms with van der Waals surface area (Å²) < 4.78 is 4.55. The summed E-state index contributed by atoms with van der Waals surface area (Å²) in [4.78, 5) is 10.2. The van der Waals surface area contributed by atoms with Crippen molar-refractivity contribution in [3.05, 3.63) is 0 Å². The van der Waals surface area contributed by atoms with Crippen LogP contribution in [0, 0.1) is 0 Å². The Balaban J connectivity index is 0. The Morgan fingerprint density at radius 2 is 2.00 bits per heavy atom. The molecule has 0 unspecified atom stereocenters. The molecule has 0 saturated heterocycles. The van der Waals surface area contributed by atoms with Gasteiger partial charge in [-0.1, -0.05) is 6.92 Å². The standard InChI is InChI=1S/C5H10O2.Ca.2H/c1-3-5(6)7-4-2;;;/h3-4H2,1-2H3;;;. The second kappa shape index (κ2) is 7.73. The van der Waals surface area contributed by atoms with Gasteiger partial charge in [0.15, 0.2) is 0 Å². The third kappa shape index (κ3) is 6.73. The average molecular weight is 144 g/mol. The molecule has 0 heterocycles. The molecule has 0 radical (unpaired) electrons. The average Bonchev–Trinajstić information content (AvgIpc) is 1.68. The molecule has 0 atom stereocenters. The fourth-order valence-electron chi connectivity index (χ4n) is 0.263. The molecule has 0 aliphatic heterocycles. The van der Waals surface area contributed by atoms with Crippen LogP contribution in [0.1, 0.15) is 20.3 Å². The van der Waals surface area contributed by atoms with Crippen molar-refractivity contribution < 1.29 is 9.53 Å². The van der Waals surface area contributed by atoms with E-state index in [1.807, 2.05) is 0 Å². The van der Waals surface area contributed by atoms with Crippen LogP contribution in [0.2, 0.25) is 0 Å². The molecular formula is C5H12CaO2. The van der Waals surface area contributed by atoms with Crippen LogP contribution in [-0.2, 0) is 9.53 Å². The number of carbonyl (C=O) groups is 1. The van der Waals surface area contributed by atoms with Gasteiger partial charge in [0.05, 0.1) is 6.61 Å². The maximum atomic E-state index is 10.2. The van der Waals surface area contributed by atoms with E-state index in [1.54, 1.807) is 13.8 Å². The van der Waals surface area contributed by atoms with Crippen LogP contribution < -0.4 is 0 Å². The fourth-order valence-corrected chi connectivity index (χ4v) is 0.263. The summed E-state index contributed by atoms with van der Waals surface area (Å²) in [6, 6.07) is 0. The molecule has 0 aromatic heterocycles. The molecule has 0 aliphatic carbocycles. The second-order valence-corrected chi connectivity index (χ2v) is 1.16. The van der Waals surface area contributed by atoms with E-state index in [9.17, 15) is 4.79 Å². The summed E-state index contributed by atoms with van der Waals surface area (Å²) in [6.45, 7) is 4.07. The zero-order valence-corrected chi connectivity index (χ0v) is 4.73. The van der Waals surface area contributed by atoms with Crippen LogP contribution in [-0.4, -0.2) is 50.3 Å². The van der Waals surface area contributed by atoms with Gasteiger partial charge in [-0.3, -0.25) is 4.79 Å². The molecule has 2 nitrogen and oxygen atoms in total. The van der Waals surface area contributed by atoms with Gasteiger partial charge in [0.2, 0.25) is 0 Å². The van der Waals surface area contributed by atoms with Gasteiger partial charge in [0, 0.05) is 6.42 Å². The van der Waals surface area contributed by atoms with Crippen LogP contribution in [0.15, 0.2) is 0 Å². The van der Waals surface area contributed by atoms with Gasteiger partial charge in [-0.2, -0.15) is 0 Å². The Kier molecular flexibility index (Phi) is 11.1. The Hall–Kier alpha value is 0.730. The van der Waals surface area contributed by atoms with E-state index in [2.05, 4.69) is 4.74 Å². The van der Waals surface area contributed by atoms with Gasteiger partial charge in [-0.15, -0.1) is 0 Å². The number of hydrogen-bond acceptors (Lipinski definition) is 2. The van der Waals surface area contributed by atoms with E-state index in [4.69, 9.17) is 0 Å². The quantitative estimate of drug-likeness (QED) is 0.404. The van der Waals surface area contributed by atoms with Gasteiger partial charge >= 0.3 is 43.7 Å². The maximum absolute atomic E-state index is 10.2. The van der Waals surface area contributed by atoms with E-state index >= 15 is 0 Å². The topological polar surface area (TPSA) is 26.3 Å². The summed E-state index contributed by atoms with van der Waals surface area (Å²) in [5.41, 5.74) is 0. The van der Waals surface area contributed by atoms with E-state index in [0.29, 0.717) is 13.0 Å². The van der Waals surface area contributed by atoms with Crippen molar-refractivity contribution in [2.45, 2.75) is 20.3 Å².